The number of carboxylic acids is 1. The Hall–Kier alpha value is -1.76. The largest absolute Gasteiger partial charge is 0.480 e. The molecule has 19 heavy (non-hydrogen) atoms. The molecule has 0 amide bonds. The number of thioether (sulfide) groups is 1. The molecule has 1 atom stereocenters. The van der Waals surface area contributed by atoms with Crippen LogP contribution in [-0.2, 0) is 4.79 Å². The number of carboxylic acid groups (broad SMARTS) is 1. The Morgan fingerprint density at radius 3 is 3.11 bits per heavy atom. The first-order valence-electron chi connectivity index (χ1n) is 5.98. The number of hydrogen-bond acceptors (Lipinski definition) is 5. The standard InChI is InChI=1S/C12H14N4O2S/c1-19-12(11(17)18)3-5-16(6-12)10-8-2-4-13-9(8)14-7-15-10/h2,4,7H,3,5-6H2,1H3,(H,17,18)(H,13,14,15). The maximum Gasteiger partial charge on any atom is 0.321 e. The van der Waals surface area contributed by atoms with Crippen LogP contribution in [0.4, 0.5) is 5.82 Å². The number of hydrogen-bond donors (Lipinski definition) is 2. The van der Waals surface area contributed by atoms with Crippen molar-refractivity contribution >= 4 is 34.6 Å². The molecule has 1 saturated heterocycles. The molecule has 0 saturated carbocycles. The third kappa shape index (κ3) is 1.85. The molecule has 0 aliphatic carbocycles. The number of nitrogens with zero attached hydrogens (tertiary/aromatic N) is 3. The average molecular weight is 278 g/mol. The van der Waals surface area contributed by atoms with Crippen LogP contribution in [0.3, 0.4) is 0 Å². The van der Waals surface area contributed by atoms with Gasteiger partial charge in [-0.2, -0.15) is 0 Å². The number of carbonyl (C=O) groups is 1. The SMILES string of the molecule is CSC1(C(=O)O)CCN(c2ncnc3[nH]ccc23)C1. The van der Waals surface area contributed by atoms with E-state index in [1.807, 2.05) is 23.4 Å². The quantitative estimate of drug-likeness (QED) is 0.882. The van der Waals surface area contributed by atoms with Crippen molar-refractivity contribution in [2.45, 2.75) is 11.2 Å². The van der Waals surface area contributed by atoms with E-state index in [9.17, 15) is 9.90 Å². The fraction of sp³-hybridized carbons (Fsp3) is 0.417. The van der Waals surface area contributed by atoms with Crippen LogP contribution < -0.4 is 4.90 Å². The number of anilines is 1. The zero-order valence-corrected chi connectivity index (χ0v) is 11.3. The molecular weight excluding hydrogens is 264 g/mol. The Balaban J connectivity index is 1.97. The third-order valence-corrected chi connectivity index (χ3v) is 4.93. The van der Waals surface area contributed by atoms with Crippen molar-refractivity contribution in [3.63, 3.8) is 0 Å². The van der Waals surface area contributed by atoms with Gasteiger partial charge in [-0.05, 0) is 18.7 Å². The van der Waals surface area contributed by atoms with E-state index in [0.29, 0.717) is 19.5 Å². The van der Waals surface area contributed by atoms with Gasteiger partial charge in [-0.25, -0.2) is 9.97 Å². The molecule has 3 heterocycles. The number of aromatic nitrogens is 3. The first-order chi connectivity index (χ1) is 9.16. The second-order valence-corrected chi connectivity index (χ2v) is 5.80. The summed E-state index contributed by atoms with van der Waals surface area (Å²) in [4.78, 5) is 25.0. The third-order valence-electron chi connectivity index (χ3n) is 3.64. The highest BCUT2D eigenvalue weighted by Crippen LogP contribution is 2.37. The van der Waals surface area contributed by atoms with Crippen LogP contribution in [-0.4, -0.2) is 50.1 Å². The maximum absolute atomic E-state index is 11.5. The van der Waals surface area contributed by atoms with Gasteiger partial charge in [0.25, 0.3) is 0 Å². The summed E-state index contributed by atoms with van der Waals surface area (Å²) in [5, 5.41) is 10.4. The van der Waals surface area contributed by atoms with Crippen LogP contribution >= 0.6 is 11.8 Å². The molecule has 3 rings (SSSR count). The monoisotopic (exact) mass is 278 g/mol. The summed E-state index contributed by atoms with van der Waals surface area (Å²) in [6, 6.07) is 1.92. The minimum absolute atomic E-state index is 0.473. The van der Waals surface area contributed by atoms with Crippen molar-refractivity contribution in [3.05, 3.63) is 18.6 Å². The zero-order valence-electron chi connectivity index (χ0n) is 10.5. The minimum Gasteiger partial charge on any atom is -0.480 e. The summed E-state index contributed by atoms with van der Waals surface area (Å²) in [6.45, 7) is 1.17. The van der Waals surface area contributed by atoms with Crippen LogP contribution in [0.25, 0.3) is 11.0 Å². The summed E-state index contributed by atoms with van der Waals surface area (Å²) in [6.07, 6.45) is 5.80. The Kier molecular flexibility index (Phi) is 2.85. The average Bonchev–Trinajstić information content (AvgIpc) is 3.05. The van der Waals surface area contributed by atoms with E-state index in [0.717, 1.165) is 16.9 Å². The summed E-state index contributed by atoms with van der Waals surface area (Å²) in [5.74, 6) is 0.0605. The van der Waals surface area contributed by atoms with Gasteiger partial charge in [-0.1, -0.05) is 0 Å². The van der Waals surface area contributed by atoms with E-state index >= 15 is 0 Å². The Morgan fingerprint density at radius 1 is 1.58 bits per heavy atom. The molecule has 0 radical (unpaired) electrons. The zero-order chi connectivity index (χ0) is 13.5. The van der Waals surface area contributed by atoms with Gasteiger partial charge >= 0.3 is 5.97 Å². The lowest BCUT2D eigenvalue weighted by Crippen LogP contribution is -2.38. The van der Waals surface area contributed by atoms with E-state index in [-0.39, 0.29) is 0 Å². The van der Waals surface area contributed by atoms with Gasteiger partial charge in [0.2, 0.25) is 0 Å². The van der Waals surface area contributed by atoms with Crippen molar-refractivity contribution in [3.8, 4) is 0 Å². The molecule has 1 aliphatic heterocycles. The van der Waals surface area contributed by atoms with E-state index in [4.69, 9.17) is 0 Å². The van der Waals surface area contributed by atoms with Gasteiger partial charge in [0.1, 0.15) is 22.5 Å². The van der Waals surface area contributed by atoms with Gasteiger partial charge in [-0.15, -0.1) is 11.8 Å². The van der Waals surface area contributed by atoms with Gasteiger partial charge < -0.3 is 15.0 Å². The van der Waals surface area contributed by atoms with Gasteiger partial charge in [0, 0.05) is 19.3 Å². The Labute approximate surface area is 114 Å². The van der Waals surface area contributed by atoms with Gasteiger partial charge in [0.15, 0.2) is 0 Å². The first kappa shape index (κ1) is 12.3. The highest BCUT2D eigenvalue weighted by molar-refractivity contribution is 8.00. The summed E-state index contributed by atoms with van der Waals surface area (Å²) >= 11 is 1.40. The molecule has 0 aromatic carbocycles. The lowest BCUT2D eigenvalue weighted by atomic mass is 10.1. The van der Waals surface area contributed by atoms with Crippen molar-refractivity contribution < 1.29 is 9.90 Å². The number of fused-ring (bicyclic) bond motifs is 1. The Bertz CT molecular complexity index is 629. The predicted molar refractivity (Wildman–Crippen MR) is 74.6 cm³/mol. The second-order valence-electron chi connectivity index (χ2n) is 4.61. The molecule has 2 aromatic heterocycles. The van der Waals surface area contributed by atoms with Crippen LogP contribution in [0, 0.1) is 0 Å². The van der Waals surface area contributed by atoms with Crippen LogP contribution in [0.1, 0.15) is 6.42 Å². The summed E-state index contributed by atoms with van der Waals surface area (Å²) in [5.41, 5.74) is 0.780. The summed E-state index contributed by atoms with van der Waals surface area (Å²) < 4.78 is -0.729. The summed E-state index contributed by atoms with van der Waals surface area (Å²) in [7, 11) is 0. The van der Waals surface area contributed by atoms with Gasteiger partial charge in [0.05, 0.1) is 5.39 Å². The number of nitrogens with one attached hydrogen (secondary N) is 1. The van der Waals surface area contributed by atoms with Crippen molar-refractivity contribution in [1.82, 2.24) is 15.0 Å². The number of H-pyrrole nitrogens is 1. The molecule has 1 aliphatic rings. The molecule has 6 nitrogen and oxygen atoms in total. The number of aliphatic carboxylic acids is 1. The fourth-order valence-corrected chi connectivity index (χ4v) is 3.26. The first-order valence-corrected chi connectivity index (χ1v) is 7.20. The highest BCUT2D eigenvalue weighted by Gasteiger charge is 2.45. The lowest BCUT2D eigenvalue weighted by Gasteiger charge is -2.23. The predicted octanol–water partition coefficient (Wildman–Crippen LogP) is 1.35. The lowest BCUT2D eigenvalue weighted by molar-refractivity contribution is -0.139. The molecule has 0 spiro atoms. The van der Waals surface area contributed by atoms with Crippen molar-refractivity contribution in [1.29, 1.82) is 0 Å². The van der Waals surface area contributed by atoms with Crippen molar-refractivity contribution in [2.24, 2.45) is 0 Å². The molecule has 0 bridgehead atoms. The maximum atomic E-state index is 11.5. The molecule has 2 N–H and O–H groups in total. The number of aromatic amines is 1. The molecular formula is C12H14N4O2S. The minimum atomic E-state index is -0.748. The number of rotatable bonds is 3. The molecule has 1 fully saturated rings. The fourth-order valence-electron chi connectivity index (χ4n) is 2.50. The van der Waals surface area contributed by atoms with E-state index < -0.39 is 10.7 Å². The molecule has 2 aromatic rings. The molecule has 7 heteroatoms. The van der Waals surface area contributed by atoms with Crippen LogP contribution in [0.5, 0.6) is 0 Å². The molecule has 100 valence electrons. The Morgan fingerprint density at radius 2 is 2.42 bits per heavy atom. The second kappa shape index (κ2) is 4.41. The molecule has 1 unspecified atom stereocenters. The van der Waals surface area contributed by atoms with Crippen LogP contribution in [0.2, 0.25) is 0 Å². The van der Waals surface area contributed by atoms with Gasteiger partial charge in [-0.3, -0.25) is 4.79 Å². The van der Waals surface area contributed by atoms with Crippen molar-refractivity contribution in [2.75, 3.05) is 24.2 Å². The van der Waals surface area contributed by atoms with Crippen LogP contribution in [0.15, 0.2) is 18.6 Å². The smallest absolute Gasteiger partial charge is 0.321 e. The normalized spacial score (nSPS) is 23.1. The highest BCUT2D eigenvalue weighted by atomic mass is 32.2. The van der Waals surface area contributed by atoms with E-state index in [1.54, 1.807) is 0 Å². The van der Waals surface area contributed by atoms with E-state index in [1.165, 1.54) is 18.1 Å². The van der Waals surface area contributed by atoms with E-state index in [2.05, 4.69) is 15.0 Å². The topological polar surface area (TPSA) is 82.1 Å².